The van der Waals surface area contributed by atoms with Crippen LogP contribution in [0.25, 0.3) is 0 Å². The summed E-state index contributed by atoms with van der Waals surface area (Å²) in [5.74, 6) is 0.563. The summed E-state index contributed by atoms with van der Waals surface area (Å²) in [4.78, 5) is 4.24. The summed E-state index contributed by atoms with van der Waals surface area (Å²) < 4.78 is 18.7. The molecule has 0 aliphatic carbocycles. The Hall–Kier alpha value is -1.75. The van der Waals surface area contributed by atoms with Crippen molar-refractivity contribution in [2.24, 2.45) is 11.1 Å². The van der Waals surface area contributed by atoms with E-state index in [0.717, 1.165) is 0 Å². The van der Waals surface area contributed by atoms with Crippen molar-refractivity contribution < 1.29 is 8.91 Å². The Balaban J connectivity index is 2.16. The molecule has 0 radical (unpaired) electrons. The van der Waals surface area contributed by atoms with Crippen molar-refractivity contribution in [2.45, 2.75) is 33.2 Å². The molecule has 1 aromatic carbocycles. The highest BCUT2D eigenvalue weighted by molar-refractivity contribution is 5.20. The van der Waals surface area contributed by atoms with Crippen LogP contribution in [0.4, 0.5) is 4.39 Å². The Morgan fingerprint density at radius 1 is 1.32 bits per heavy atom. The first-order valence-corrected chi connectivity index (χ1v) is 6.19. The van der Waals surface area contributed by atoms with E-state index >= 15 is 0 Å². The Morgan fingerprint density at radius 3 is 2.63 bits per heavy atom. The number of benzene rings is 1. The van der Waals surface area contributed by atoms with Gasteiger partial charge in [0.1, 0.15) is 5.82 Å². The predicted octanol–water partition coefficient (Wildman–Crippen LogP) is 2.85. The predicted molar refractivity (Wildman–Crippen MR) is 69.9 cm³/mol. The van der Waals surface area contributed by atoms with Gasteiger partial charge in [0.2, 0.25) is 5.89 Å². The molecule has 0 bridgehead atoms. The first-order valence-electron chi connectivity index (χ1n) is 6.19. The Labute approximate surface area is 111 Å². The number of nitrogens with two attached hydrogens (primary N) is 1. The van der Waals surface area contributed by atoms with Crippen molar-refractivity contribution >= 4 is 0 Å². The molecule has 0 fully saturated rings. The average Bonchev–Trinajstić information content (AvgIpc) is 2.78. The number of rotatable bonds is 3. The fourth-order valence-corrected chi connectivity index (χ4v) is 1.65. The van der Waals surface area contributed by atoms with Crippen LogP contribution in [0, 0.1) is 11.2 Å². The molecule has 2 aromatic rings. The van der Waals surface area contributed by atoms with Crippen LogP contribution < -0.4 is 5.73 Å². The Morgan fingerprint density at radius 2 is 2.00 bits per heavy atom. The van der Waals surface area contributed by atoms with Crippen LogP contribution >= 0.6 is 0 Å². The highest BCUT2D eigenvalue weighted by Crippen LogP contribution is 2.29. The van der Waals surface area contributed by atoms with E-state index in [1.165, 1.54) is 6.07 Å². The van der Waals surface area contributed by atoms with E-state index in [2.05, 4.69) is 10.1 Å². The monoisotopic (exact) mass is 263 g/mol. The summed E-state index contributed by atoms with van der Waals surface area (Å²) in [5, 5.41) is 3.85. The van der Waals surface area contributed by atoms with Gasteiger partial charge in [-0.25, -0.2) is 4.39 Å². The zero-order chi connectivity index (χ0) is 14.0. The molecule has 0 saturated carbocycles. The molecule has 0 aliphatic heterocycles. The van der Waals surface area contributed by atoms with Gasteiger partial charge < -0.3 is 10.3 Å². The lowest BCUT2D eigenvalue weighted by molar-refractivity contribution is 0.252. The minimum absolute atomic E-state index is 0.165. The molecule has 2 N–H and O–H groups in total. The topological polar surface area (TPSA) is 64.9 Å². The van der Waals surface area contributed by atoms with Gasteiger partial charge in [-0.1, -0.05) is 44.1 Å². The second-order valence-corrected chi connectivity index (χ2v) is 5.66. The van der Waals surface area contributed by atoms with Gasteiger partial charge in [-0.2, -0.15) is 4.98 Å². The van der Waals surface area contributed by atoms with Gasteiger partial charge in [0, 0.05) is 6.42 Å². The maximum absolute atomic E-state index is 13.5. The van der Waals surface area contributed by atoms with Gasteiger partial charge in [0.05, 0.1) is 6.04 Å². The van der Waals surface area contributed by atoms with E-state index in [1.807, 2.05) is 20.8 Å². The van der Waals surface area contributed by atoms with Crippen molar-refractivity contribution in [3.05, 3.63) is 47.4 Å². The molecular weight excluding hydrogens is 245 g/mol. The van der Waals surface area contributed by atoms with Crippen LogP contribution in [0.5, 0.6) is 0 Å². The van der Waals surface area contributed by atoms with Gasteiger partial charge in [-0.05, 0) is 17.0 Å². The molecule has 5 heteroatoms. The van der Waals surface area contributed by atoms with Crippen LogP contribution in [0.3, 0.4) is 0 Å². The van der Waals surface area contributed by atoms with Crippen LogP contribution in [-0.2, 0) is 6.42 Å². The number of hydrogen-bond acceptors (Lipinski definition) is 4. The average molecular weight is 263 g/mol. The highest BCUT2D eigenvalue weighted by Gasteiger charge is 2.27. The van der Waals surface area contributed by atoms with Crippen molar-refractivity contribution in [1.82, 2.24) is 10.1 Å². The molecule has 102 valence electrons. The second-order valence-electron chi connectivity index (χ2n) is 5.66. The molecule has 0 aliphatic rings. The summed E-state index contributed by atoms with van der Waals surface area (Å²) >= 11 is 0. The summed E-state index contributed by atoms with van der Waals surface area (Å²) in [6, 6.07) is 6.21. The van der Waals surface area contributed by atoms with Gasteiger partial charge in [-0.15, -0.1) is 0 Å². The lowest BCUT2D eigenvalue weighted by atomic mass is 9.87. The summed E-state index contributed by atoms with van der Waals surface area (Å²) in [6.45, 7) is 6.00. The maximum atomic E-state index is 13.5. The first-order chi connectivity index (χ1) is 8.88. The molecule has 0 amide bonds. The quantitative estimate of drug-likeness (QED) is 0.924. The maximum Gasteiger partial charge on any atom is 0.244 e. The van der Waals surface area contributed by atoms with Gasteiger partial charge in [0.25, 0.3) is 0 Å². The first kappa shape index (κ1) is 13.7. The fraction of sp³-hybridized carbons (Fsp3) is 0.429. The van der Waals surface area contributed by atoms with E-state index in [0.29, 0.717) is 23.7 Å². The van der Waals surface area contributed by atoms with Crippen molar-refractivity contribution in [3.8, 4) is 0 Å². The van der Waals surface area contributed by atoms with E-state index < -0.39 is 0 Å². The molecule has 4 nitrogen and oxygen atoms in total. The molecule has 0 unspecified atom stereocenters. The summed E-state index contributed by atoms with van der Waals surface area (Å²) in [5.41, 5.74) is 6.41. The standard InChI is InChI=1S/C14H18FN3O/c1-14(2,3)12(16)13-17-11(18-19-13)8-9-6-4-5-7-10(9)15/h4-7,12H,8,16H2,1-3H3/t12-/m1/s1. The number of halogens is 1. The molecule has 1 heterocycles. The minimum atomic E-state index is -0.339. The van der Waals surface area contributed by atoms with E-state index in [9.17, 15) is 4.39 Å². The molecular formula is C14H18FN3O. The van der Waals surface area contributed by atoms with Crippen molar-refractivity contribution in [1.29, 1.82) is 0 Å². The van der Waals surface area contributed by atoms with Crippen molar-refractivity contribution in [2.75, 3.05) is 0 Å². The molecule has 0 spiro atoms. The lowest BCUT2D eigenvalue weighted by Crippen LogP contribution is -2.26. The van der Waals surface area contributed by atoms with Crippen molar-refractivity contribution in [3.63, 3.8) is 0 Å². The van der Waals surface area contributed by atoms with Crippen LogP contribution in [-0.4, -0.2) is 10.1 Å². The normalized spacial score (nSPS) is 13.5. The van der Waals surface area contributed by atoms with E-state index in [4.69, 9.17) is 10.3 Å². The van der Waals surface area contributed by atoms with Gasteiger partial charge in [0.15, 0.2) is 5.82 Å². The number of hydrogen-bond donors (Lipinski definition) is 1. The zero-order valence-corrected chi connectivity index (χ0v) is 11.4. The second kappa shape index (κ2) is 5.09. The smallest absolute Gasteiger partial charge is 0.244 e. The fourth-order valence-electron chi connectivity index (χ4n) is 1.65. The molecule has 1 atom stereocenters. The Kier molecular flexibility index (Phi) is 3.66. The molecule has 2 rings (SSSR count). The SMILES string of the molecule is CC(C)(C)[C@H](N)c1nc(Cc2ccccc2F)no1. The van der Waals surface area contributed by atoms with Crippen LogP contribution in [0.15, 0.2) is 28.8 Å². The summed E-state index contributed by atoms with van der Waals surface area (Å²) in [7, 11) is 0. The number of nitrogens with zero attached hydrogens (tertiary/aromatic N) is 2. The Bertz CT molecular complexity index is 560. The van der Waals surface area contributed by atoms with Crippen LogP contribution in [0.2, 0.25) is 0 Å². The van der Waals surface area contributed by atoms with E-state index in [1.54, 1.807) is 18.2 Å². The summed E-state index contributed by atoms with van der Waals surface area (Å²) in [6.07, 6.45) is 0.299. The third-order valence-electron chi connectivity index (χ3n) is 2.99. The zero-order valence-electron chi connectivity index (χ0n) is 11.4. The minimum Gasteiger partial charge on any atom is -0.338 e. The van der Waals surface area contributed by atoms with Gasteiger partial charge >= 0.3 is 0 Å². The van der Waals surface area contributed by atoms with E-state index in [-0.39, 0.29) is 17.3 Å². The number of aromatic nitrogens is 2. The van der Waals surface area contributed by atoms with Gasteiger partial charge in [-0.3, -0.25) is 0 Å². The molecule has 19 heavy (non-hydrogen) atoms. The lowest BCUT2D eigenvalue weighted by Gasteiger charge is -2.23. The molecule has 1 aromatic heterocycles. The third-order valence-corrected chi connectivity index (χ3v) is 2.99. The third kappa shape index (κ3) is 3.17. The van der Waals surface area contributed by atoms with Crippen LogP contribution in [0.1, 0.15) is 44.1 Å². The highest BCUT2D eigenvalue weighted by atomic mass is 19.1. The molecule has 0 saturated heterocycles. The largest absolute Gasteiger partial charge is 0.338 e.